The van der Waals surface area contributed by atoms with E-state index in [1.165, 1.54) is 31.2 Å². The third-order valence-electron chi connectivity index (χ3n) is 5.89. The first-order valence-electron chi connectivity index (χ1n) is 10.9. The van der Waals surface area contributed by atoms with Gasteiger partial charge in [0.05, 0.1) is 6.10 Å². The molecular formula is C25H44O. The standard InChI is InChI=1S/C17H26.C8H18O/c1-5-16(17(2,3)4)15-11-9-14(10-12-15)13-7-6-8-13;1-5-6-9-8(4)7(2)3/h9-13,16H,5-8H2,1-4H3;7-8H,5-6H2,1-4H3. The lowest BCUT2D eigenvalue weighted by Crippen LogP contribution is -2.18. The van der Waals surface area contributed by atoms with E-state index in [-0.39, 0.29) is 0 Å². The zero-order valence-electron chi connectivity index (χ0n) is 18.8. The molecule has 1 nitrogen and oxygen atoms in total. The van der Waals surface area contributed by atoms with Gasteiger partial charge in [0.25, 0.3) is 0 Å². The van der Waals surface area contributed by atoms with Crippen molar-refractivity contribution in [3.63, 3.8) is 0 Å². The molecule has 0 amide bonds. The van der Waals surface area contributed by atoms with Crippen LogP contribution in [0.3, 0.4) is 0 Å². The van der Waals surface area contributed by atoms with Gasteiger partial charge in [-0.05, 0) is 66.9 Å². The second kappa shape index (κ2) is 11.1. The molecule has 0 aromatic heterocycles. The van der Waals surface area contributed by atoms with Crippen LogP contribution in [0.2, 0.25) is 0 Å². The summed E-state index contributed by atoms with van der Waals surface area (Å²) in [6.45, 7) is 18.9. The van der Waals surface area contributed by atoms with E-state index in [1.807, 2.05) is 0 Å². The quantitative estimate of drug-likeness (QED) is 0.479. The molecule has 26 heavy (non-hydrogen) atoms. The Morgan fingerprint density at radius 3 is 1.92 bits per heavy atom. The van der Waals surface area contributed by atoms with Gasteiger partial charge in [0.2, 0.25) is 0 Å². The Morgan fingerprint density at radius 2 is 1.58 bits per heavy atom. The van der Waals surface area contributed by atoms with Crippen molar-refractivity contribution in [3.05, 3.63) is 35.4 Å². The Kier molecular flexibility index (Phi) is 9.93. The van der Waals surface area contributed by atoms with Gasteiger partial charge in [0, 0.05) is 6.61 Å². The van der Waals surface area contributed by atoms with Gasteiger partial charge in [-0.3, -0.25) is 0 Å². The lowest BCUT2D eigenvalue weighted by molar-refractivity contribution is 0.0359. The molecule has 2 rings (SSSR count). The highest BCUT2D eigenvalue weighted by Crippen LogP contribution is 2.40. The zero-order chi connectivity index (χ0) is 19.7. The number of ether oxygens (including phenoxy) is 1. The summed E-state index contributed by atoms with van der Waals surface area (Å²) >= 11 is 0. The van der Waals surface area contributed by atoms with E-state index in [2.05, 4.69) is 79.7 Å². The van der Waals surface area contributed by atoms with E-state index in [9.17, 15) is 0 Å². The first-order valence-corrected chi connectivity index (χ1v) is 10.9. The fourth-order valence-corrected chi connectivity index (χ4v) is 3.59. The Labute approximate surface area is 163 Å². The number of benzene rings is 1. The zero-order valence-corrected chi connectivity index (χ0v) is 18.8. The molecule has 0 aliphatic heterocycles. The third-order valence-corrected chi connectivity index (χ3v) is 5.89. The molecule has 0 saturated heterocycles. The first-order chi connectivity index (χ1) is 12.2. The van der Waals surface area contributed by atoms with Crippen LogP contribution in [0.15, 0.2) is 24.3 Å². The smallest absolute Gasteiger partial charge is 0.0569 e. The average Bonchev–Trinajstić information content (AvgIpc) is 2.52. The van der Waals surface area contributed by atoms with Crippen LogP contribution in [-0.4, -0.2) is 12.7 Å². The molecule has 0 heterocycles. The predicted molar refractivity (Wildman–Crippen MR) is 116 cm³/mol. The van der Waals surface area contributed by atoms with E-state index >= 15 is 0 Å². The Hall–Kier alpha value is -0.820. The SMILES string of the molecule is CCC(c1ccc(C2CCC2)cc1)C(C)(C)C.CCCOC(C)C(C)C. The van der Waals surface area contributed by atoms with E-state index in [0.29, 0.717) is 23.4 Å². The summed E-state index contributed by atoms with van der Waals surface area (Å²) in [5.74, 6) is 2.19. The molecule has 0 bridgehead atoms. The van der Waals surface area contributed by atoms with Crippen molar-refractivity contribution < 1.29 is 4.74 Å². The molecule has 1 aromatic rings. The molecular weight excluding hydrogens is 316 g/mol. The summed E-state index contributed by atoms with van der Waals surface area (Å²) in [6.07, 6.45) is 6.99. The summed E-state index contributed by atoms with van der Waals surface area (Å²) in [4.78, 5) is 0. The van der Waals surface area contributed by atoms with Crippen molar-refractivity contribution in [2.45, 2.75) is 105 Å². The largest absolute Gasteiger partial charge is 0.378 e. The van der Waals surface area contributed by atoms with Gasteiger partial charge in [-0.1, -0.05) is 79.2 Å². The molecule has 0 radical (unpaired) electrons. The molecule has 1 aliphatic rings. The van der Waals surface area contributed by atoms with Crippen molar-refractivity contribution in [1.29, 1.82) is 0 Å². The van der Waals surface area contributed by atoms with E-state index in [0.717, 1.165) is 18.9 Å². The maximum Gasteiger partial charge on any atom is 0.0569 e. The van der Waals surface area contributed by atoms with E-state index in [1.54, 1.807) is 5.56 Å². The van der Waals surface area contributed by atoms with E-state index < -0.39 is 0 Å². The topological polar surface area (TPSA) is 9.23 Å². The monoisotopic (exact) mass is 360 g/mol. The Balaban J connectivity index is 0.000000321. The summed E-state index contributed by atoms with van der Waals surface area (Å²) in [6, 6.07) is 9.47. The molecule has 1 heteroatoms. The molecule has 1 aliphatic carbocycles. The Bertz CT molecular complexity index is 476. The van der Waals surface area contributed by atoms with Crippen LogP contribution < -0.4 is 0 Å². The van der Waals surface area contributed by atoms with Gasteiger partial charge in [-0.25, -0.2) is 0 Å². The fraction of sp³-hybridized carbons (Fsp3) is 0.760. The molecule has 0 N–H and O–H groups in total. The molecule has 1 saturated carbocycles. The van der Waals surface area contributed by atoms with Gasteiger partial charge in [0.15, 0.2) is 0 Å². The molecule has 150 valence electrons. The molecule has 2 atom stereocenters. The van der Waals surface area contributed by atoms with Crippen LogP contribution in [0.5, 0.6) is 0 Å². The first kappa shape index (κ1) is 23.2. The van der Waals surface area contributed by atoms with Gasteiger partial charge in [-0.15, -0.1) is 0 Å². The molecule has 2 unspecified atom stereocenters. The lowest BCUT2D eigenvalue weighted by Gasteiger charge is -2.31. The highest BCUT2D eigenvalue weighted by atomic mass is 16.5. The minimum Gasteiger partial charge on any atom is -0.378 e. The highest BCUT2D eigenvalue weighted by molar-refractivity contribution is 5.29. The maximum atomic E-state index is 5.45. The van der Waals surface area contributed by atoms with Crippen LogP contribution in [0.1, 0.15) is 110 Å². The number of hydrogen-bond donors (Lipinski definition) is 0. The van der Waals surface area contributed by atoms with Crippen LogP contribution in [0.25, 0.3) is 0 Å². The maximum absolute atomic E-state index is 5.45. The summed E-state index contributed by atoms with van der Waals surface area (Å²) < 4.78 is 5.45. The van der Waals surface area contributed by atoms with Gasteiger partial charge < -0.3 is 4.74 Å². The van der Waals surface area contributed by atoms with Crippen molar-refractivity contribution >= 4 is 0 Å². The van der Waals surface area contributed by atoms with Crippen molar-refractivity contribution in [1.82, 2.24) is 0 Å². The minimum absolute atomic E-state index is 0.368. The minimum atomic E-state index is 0.368. The van der Waals surface area contributed by atoms with Crippen molar-refractivity contribution in [2.75, 3.05) is 6.61 Å². The summed E-state index contributed by atoms with van der Waals surface area (Å²) in [5.41, 5.74) is 3.44. The fourth-order valence-electron chi connectivity index (χ4n) is 3.59. The molecule has 0 spiro atoms. The molecule has 1 fully saturated rings. The average molecular weight is 361 g/mol. The van der Waals surface area contributed by atoms with Crippen molar-refractivity contribution in [2.24, 2.45) is 11.3 Å². The van der Waals surface area contributed by atoms with Gasteiger partial charge in [-0.2, -0.15) is 0 Å². The van der Waals surface area contributed by atoms with Crippen LogP contribution in [-0.2, 0) is 4.74 Å². The summed E-state index contributed by atoms with van der Waals surface area (Å²) in [7, 11) is 0. The van der Waals surface area contributed by atoms with Gasteiger partial charge in [0.1, 0.15) is 0 Å². The normalized spacial score (nSPS) is 17.3. The van der Waals surface area contributed by atoms with Crippen molar-refractivity contribution in [3.8, 4) is 0 Å². The molecule has 1 aromatic carbocycles. The number of hydrogen-bond acceptors (Lipinski definition) is 1. The second-order valence-electron chi connectivity index (χ2n) is 9.44. The van der Waals surface area contributed by atoms with Crippen LogP contribution in [0.4, 0.5) is 0 Å². The summed E-state index contributed by atoms with van der Waals surface area (Å²) in [5, 5.41) is 0. The second-order valence-corrected chi connectivity index (χ2v) is 9.44. The predicted octanol–water partition coefficient (Wildman–Crippen LogP) is 7.95. The lowest BCUT2D eigenvalue weighted by atomic mass is 9.74. The third kappa shape index (κ3) is 7.43. The van der Waals surface area contributed by atoms with E-state index in [4.69, 9.17) is 4.74 Å². The van der Waals surface area contributed by atoms with Gasteiger partial charge >= 0.3 is 0 Å². The van der Waals surface area contributed by atoms with Crippen LogP contribution in [0, 0.1) is 11.3 Å². The van der Waals surface area contributed by atoms with Crippen LogP contribution >= 0.6 is 0 Å². The number of rotatable bonds is 7. The highest BCUT2D eigenvalue weighted by Gasteiger charge is 2.25. The Morgan fingerprint density at radius 1 is 1.00 bits per heavy atom.